The zero-order valence-corrected chi connectivity index (χ0v) is 10.5. The van der Waals surface area contributed by atoms with Gasteiger partial charge in [-0.3, -0.25) is 4.79 Å². The number of carbonyl (C=O) groups excluding carboxylic acids is 1. The summed E-state index contributed by atoms with van der Waals surface area (Å²) in [6.07, 6.45) is 5.47. The van der Waals surface area contributed by atoms with Crippen LogP contribution in [-0.2, 0) is 0 Å². The molecular weight excluding hydrogens is 214 g/mol. The lowest BCUT2D eigenvalue weighted by Crippen LogP contribution is -2.09. The highest BCUT2D eigenvalue weighted by Gasteiger charge is 2.36. The Kier molecular flexibility index (Phi) is 2.53. The van der Waals surface area contributed by atoms with Gasteiger partial charge in [0.15, 0.2) is 0 Å². The second-order valence-corrected chi connectivity index (χ2v) is 5.46. The molecule has 1 saturated carbocycles. The lowest BCUT2D eigenvalue weighted by Gasteiger charge is -2.09. The summed E-state index contributed by atoms with van der Waals surface area (Å²) in [5, 5.41) is 4.46. The number of nitrogens with zero attached hydrogens (tertiary/aromatic N) is 3. The van der Waals surface area contributed by atoms with E-state index in [1.165, 1.54) is 0 Å². The van der Waals surface area contributed by atoms with Gasteiger partial charge in [-0.05, 0) is 25.7 Å². The first-order valence-corrected chi connectivity index (χ1v) is 6.71. The lowest BCUT2D eigenvalue weighted by atomic mass is 10.0. The molecule has 92 valence electrons. The molecule has 1 aromatic rings. The molecule has 2 atom stereocenters. The molecule has 4 heteroatoms. The third-order valence-corrected chi connectivity index (χ3v) is 3.86. The van der Waals surface area contributed by atoms with Crippen molar-refractivity contribution in [3.8, 4) is 0 Å². The molecule has 0 aromatic carbocycles. The summed E-state index contributed by atoms with van der Waals surface area (Å²) >= 11 is 0. The SMILES string of the molecule is CCC[C@@H]1C[C@H](C)c2nc(C(=O)C3CC3)nn21. The number of Topliss-reactive ketones (excluding diaryl/α,β-unsaturated/α-hetero) is 1. The molecule has 1 fully saturated rings. The zero-order chi connectivity index (χ0) is 12.0. The van der Waals surface area contributed by atoms with Crippen molar-refractivity contribution >= 4 is 5.78 Å². The van der Waals surface area contributed by atoms with Crippen molar-refractivity contribution in [3.05, 3.63) is 11.6 Å². The maximum Gasteiger partial charge on any atom is 0.217 e. The molecule has 0 N–H and O–H groups in total. The first-order chi connectivity index (χ1) is 8.20. The number of carbonyl (C=O) groups is 1. The van der Waals surface area contributed by atoms with Crippen LogP contribution < -0.4 is 0 Å². The minimum atomic E-state index is 0.161. The van der Waals surface area contributed by atoms with Crippen LogP contribution in [0.3, 0.4) is 0 Å². The standard InChI is InChI=1S/C13H19N3O/c1-3-4-10-7-8(2)13-14-12(15-16(10)13)11(17)9-5-6-9/h8-10H,3-7H2,1-2H3/t8-,10+/m0/s1. The van der Waals surface area contributed by atoms with Gasteiger partial charge < -0.3 is 0 Å². The highest BCUT2D eigenvalue weighted by molar-refractivity contribution is 5.95. The lowest BCUT2D eigenvalue weighted by molar-refractivity contribution is 0.0956. The molecular formula is C13H19N3O. The smallest absolute Gasteiger partial charge is 0.217 e. The molecule has 4 nitrogen and oxygen atoms in total. The minimum Gasteiger partial charge on any atom is -0.290 e. The quantitative estimate of drug-likeness (QED) is 0.751. The van der Waals surface area contributed by atoms with Crippen molar-refractivity contribution in [2.75, 3.05) is 0 Å². The van der Waals surface area contributed by atoms with Gasteiger partial charge in [0.25, 0.3) is 0 Å². The largest absolute Gasteiger partial charge is 0.290 e. The van der Waals surface area contributed by atoms with E-state index in [1.807, 2.05) is 4.68 Å². The van der Waals surface area contributed by atoms with Crippen LogP contribution in [0.2, 0.25) is 0 Å². The Morgan fingerprint density at radius 1 is 1.47 bits per heavy atom. The van der Waals surface area contributed by atoms with Crippen LogP contribution in [0.5, 0.6) is 0 Å². The fourth-order valence-electron chi connectivity index (χ4n) is 2.76. The summed E-state index contributed by atoms with van der Waals surface area (Å²) in [4.78, 5) is 16.4. The van der Waals surface area contributed by atoms with Gasteiger partial charge in [0.1, 0.15) is 5.82 Å². The average Bonchev–Trinajstić information content (AvgIpc) is 2.99. The molecule has 1 aromatic heterocycles. The Bertz CT molecular complexity index is 448. The molecule has 3 rings (SSSR count). The van der Waals surface area contributed by atoms with Crippen molar-refractivity contribution in [1.29, 1.82) is 0 Å². The first kappa shape index (κ1) is 10.9. The fourth-order valence-corrected chi connectivity index (χ4v) is 2.76. The van der Waals surface area contributed by atoms with Gasteiger partial charge >= 0.3 is 0 Å². The van der Waals surface area contributed by atoms with E-state index in [4.69, 9.17) is 0 Å². The third-order valence-electron chi connectivity index (χ3n) is 3.86. The average molecular weight is 233 g/mol. The van der Waals surface area contributed by atoms with Crippen LogP contribution in [0.25, 0.3) is 0 Å². The number of hydrogen-bond donors (Lipinski definition) is 0. The zero-order valence-electron chi connectivity index (χ0n) is 10.5. The maximum atomic E-state index is 11.9. The molecule has 17 heavy (non-hydrogen) atoms. The molecule has 0 amide bonds. The maximum absolute atomic E-state index is 11.9. The van der Waals surface area contributed by atoms with Gasteiger partial charge in [0.05, 0.1) is 6.04 Å². The predicted octanol–water partition coefficient (Wildman–Crippen LogP) is 2.72. The number of ketones is 1. The van der Waals surface area contributed by atoms with Gasteiger partial charge in [-0.15, -0.1) is 5.10 Å². The molecule has 0 saturated heterocycles. The van der Waals surface area contributed by atoms with Gasteiger partial charge in [0.2, 0.25) is 11.6 Å². The van der Waals surface area contributed by atoms with Crippen molar-refractivity contribution in [1.82, 2.24) is 14.8 Å². The van der Waals surface area contributed by atoms with Gasteiger partial charge in [-0.25, -0.2) is 9.67 Å². The molecule has 0 spiro atoms. The summed E-state index contributed by atoms with van der Waals surface area (Å²) in [5.41, 5.74) is 0. The second kappa shape index (κ2) is 3.93. The monoisotopic (exact) mass is 233 g/mol. The first-order valence-electron chi connectivity index (χ1n) is 6.71. The number of hydrogen-bond acceptors (Lipinski definition) is 3. The summed E-state index contributed by atoms with van der Waals surface area (Å²) < 4.78 is 2.02. The van der Waals surface area contributed by atoms with Crippen LogP contribution in [0, 0.1) is 5.92 Å². The van der Waals surface area contributed by atoms with Crippen molar-refractivity contribution in [3.63, 3.8) is 0 Å². The second-order valence-electron chi connectivity index (χ2n) is 5.46. The summed E-state index contributed by atoms with van der Waals surface area (Å²) in [5.74, 6) is 2.31. The van der Waals surface area contributed by atoms with E-state index in [9.17, 15) is 4.79 Å². The highest BCUT2D eigenvalue weighted by Crippen LogP contribution is 2.38. The van der Waals surface area contributed by atoms with E-state index in [0.717, 1.165) is 37.9 Å². The number of aromatic nitrogens is 3. The molecule has 0 bridgehead atoms. The summed E-state index contributed by atoms with van der Waals surface area (Å²) in [6.45, 7) is 4.37. The Balaban J connectivity index is 1.88. The Morgan fingerprint density at radius 2 is 2.24 bits per heavy atom. The number of fused-ring (bicyclic) bond motifs is 1. The van der Waals surface area contributed by atoms with E-state index in [2.05, 4.69) is 23.9 Å². The van der Waals surface area contributed by atoms with E-state index >= 15 is 0 Å². The van der Waals surface area contributed by atoms with E-state index in [-0.39, 0.29) is 11.7 Å². The molecule has 1 aliphatic carbocycles. The van der Waals surface area contributed by atoms with E-state index < -0.39 is 0 Å². The van der Waals surface area contributed by atoms with Gasteiger partial charge in [-0.2, -0.15) is 0 Å². The summed E-state index contributed by atoms with van der Waals surface area (Å²) in [6, 6.07) is 0.457. The molecule has 0 unspecified atom stereocenters. The van der Waals surface area contributed by atoms with Crippen molar-refractivity contribution in [2.24, 2.45) is 5.92 Å². The van der Waals surface area contributed by atoms with Crippen LogP contribution in [0.1, 0.15) is 74.4 Å². The highest BCUT2D eigenvalue weighted by atomic mass is 16.1. The Hall–Kier alpha value is -1.19. The normalized spacial score (nSPS) is 27.2. The predicted molar refractivity (Wildman–Crippen MR) is 64.1 cm³/mol. The molecule has 1 aliphatic heterocycles. The van der Waals surface area contributed by atoms with Crippen LogP contribution in [-0.4, -0.2) is 20.5 Å². The van der Waals surface area contributed by atoms with Gasteiger partial charge in [0, 0.05) is 11.8 Å². The van der Waals surface area contributed by atoms with Crippen LogP contribution in [0.15, 0.2) is 0 Å². The van der Waals surface area contributed by atoms with Crippen molar-refractivity contribution in [2.45, 2.75) is 57.9 Å². The fraction of sp³-hybridized carbons (Fsp3) is 0.769. The van der Waals surface area contributed by atoms with E-state index in [1.54, 1.807) is 0 Å². The topological polar surface area (TPSA) is 47.8 Å². The molecule has 2 aliphatic rings. The van der Waals surface area contributed by atoms with Crippen LogP contribution >= 0.6 is 0 Å². The minimum absolute atomic E-state index is 0.161. The molecule has 0 radical (unpaired) electrons. The van der Waals surface area contributed by atoms with Gasteiger partial charge in [-0.1, -0.05) is 20.3 Å². The third kappa shape index (κ3) is 1.79. The van der Waals surface area contributed by atoms with Crippen LogP contribution in [0.4, 0.5) is 0 Å². The summed E-state index contributed by atoms with van der Waals surface area (Å²) in [7, 11) is 0. The Morgan fingerprint density at radius 3 is 2.88 bits per heavy atom. The number of rotatable bonds is 4. The van der Waals surface area contributed by atoms with Crippen molar-refractivity contribution < 1.29 is 4.79 Å². The Labute approximate surface area is 101 Å². The van der Waals surface area contributed by atoms with E-state index in [0.29, 0.717) is 17.8 Å². The molecule has 2 heterocycles.